The van der Waals surface area contributed by atoms with Gasteiger partial charge in [0.25, 0.3) is 11.6 Å². The third kappa shape index (κ3) is 5.72. The molecular weight excluding hydrogens is 430 g/mol. The summed E-state index contributed by atoms with van der Waals surface area (Å²) >= 11 is 0.659. The molecule has 12 nitrogen and oxygen atoms in total. The second kappa shape index (κ2) is 9.93. The zero-order valence-electron chi connectivity index (χ0n) is 16.3. The van der Waals surface area contributed by atoms with Crippen LogP contribution in [0.2, 0.25) is 0 Å². The maximum Gasteiger partial charge on any atom is 0.345 e. The highest BCUT2D eigenvalue weighted by atomic mass is 32.1. The van der Waals surface area contributed by atoms with Gasteiger partial charge >= 0.3 is 11.0 Å². The Morgan fingerprint density at radius 1 is 1.13 bits per heavy atom. The minimum absolute atomic E-state index is 0.00908. The Hall–Kier alpha value is -3.61. The lowest BCUT2D eigenvalue weighted by Gasteiger charge is -2.22. The predicted octanol–water partition coefficient (Wildman–Crippen LogP) is 3.14. The third-order valence-electron chi connectivity index (χ3n) is 4.61. The SMILES string of the molecule is O=C(COC(=O)c1ccc(N2CCCCCC2)c([N+](=O)[O-])c1)Nc1ncc([N+](=O)[O-])s1. The lowest BCUT2D eigenvalue weighted by Crippen LogP contribution is -2.25. The number of nitro groups is 2. The maximum absolute atomic E-state index is 12.3. The summed E-state index contributed by atoms with van der Waals surface area (Å²) in [5.74, 6) is -1.64. The van der Waals surface area contributed by atoms with Crippen molar-refractivity contribution >= 4 is 44.7 Å². The van der Waals surface area contributed by atoms with E-state index in [1.807, 2.05) is 4.90 Å². The van der Waals surface area contributed by atoms with Crippen molar-refractivity contribution in [2.45, 2.75) is 25.7 Å². The molecule has 0 bridgehead atoms. The van der Waals surface area contributed by atoms with Crippen LogP contribution in [0.25, 0.3) is 0 Å². The van der Waals surface area contributed by atoms with E-state index in [4.69, 9.17) is 4.74 Å². The zero-order valence-corrected chi connectivity index (χ0v) is 17.1. The molecule has 2 aromatic rings. The Morgan fingerprint density at radius 2 is 1.84 bits per heavy atom. The summed E-state index contributed by atoms with van der Waals surface area (Å²) in [7, 11) is 0. The molecule has 2 heterocycles. The fraction of sp³-hybridized carbons (Fsp3) is 0.389. The van der Waals surface area contributed by atoms with Crippen molar-refractivity contribution in [3.05, 3.63) is 50.2 Å². The molecule has 0 atom stereocenters. The van der Waals surface area contributed by atoms with Gasteiger partial charge in [-0.15, -0.1) is 0 Å². The van der Waals surface area contributed by atoms with Gasteiger partial charge in [0.05, 0.1) is 15.4 Å². The van der Waals surface area contributed by atoms with Crippen molar-refractivity contribution in [2.75, 3.05) is 29.9 Å². The fourth-order valence-corrected chi connectivity index (χ4v) is 3.80. The van der Waals surface area contributed by atoms with Crippen molar-refractivity contribution in [3.63, 3.8) is 0 Å². The summed E-state index contributed by atoms with van der Waals surface area (Å²) in [6.07, 6.45) is 5.03. The minimum atomic E-state index is -0.897. The van der Waals surface area contributed by atoms with Gasteiger partial charge in [0.2, 0.25) is 0 Å². The van der Waals surface area contributed by atoms with Crippen LogP contribution in [-0.4, -0.2) is 46.4 Å². The van der Waals surface area contributed by atoms with Crippen LogP contribution in [0.4, 0.5) is 21.5 Å². The molecule has 0 aliphatic carbocycles. The smallest absolute Gasteiger partial charge is 0.345 e. The largest absolute Gasteiger partial charge is 0.452 e. The van der Waals surface area contributed by atoms with Gasteiger partial charge in [-0.3, -0.25) is 30.3 Å². The van der Waals surface area contributed by atoms with Crippen LogP contribution in [0, 0.1) is 20.2 Å². The van der Waals surface area contributed by atoms with Gasteiger partial charge in [-0.05, 0) is 36.3 Å². The number of thiazole rings is 1. The van der Waals surface area contributed by atoms with E-state index >= 15 is 0 Å². The molecule has 0 unspecified atom stereocenters. The van der Waals surface area contributed by atoms with Crippen molar-refractivity contribution in [2.24, 2.45) is 0 Å². The standard InChI is InChI=1S/C18H19N5O7S/c24-15(20-18-19-10-16(31-18)23(28)29)11-30-17(25)12-5-6-13(14(9-12)22(26)27)21-7-3-1-2-4-8-21/h5-6,9-10H,1-4,7-8,11H2,(H,19,20,24). The van der Waals surface area contributed by atoms with Gasteiger partial charge in [-0.25, -0.2) is 9.78 Å². The van der Waals surface area contributed by atoms with E-state index in [1.165, 1.54) is 12.1 Å². The average molecular weight is 449 g/mol. The zero-order chi connectivity index (χ0) is 22.4. The molecule has 1 N–H and O–H groups in total. The number of rotatable bonds is 7. The highest BCUT2D eigenvalue weighted by Crippen LogP contribution is 2.31. The maximum atomic E-state index is 12.3. The third-order valence-corrected chi connectivity index (χ3v) is 5.47. The molecule has 1 aromatic heterocycles. The second-order valence-corrected chi connectivity index (χ2v) is 7.76. The van der Waals surface area contributed by atoms with Gasteiger partial charge < -0.3 is 9.64 Å². The van der Waals surface area contributed by atoms with Crippen molar-refractivity contribution in [1.29, 1.82) is 0 Å². The molecule has 0 saturated carbocycles. The first-order valence-corrected chi connectivity index (χ1v) is 10.3. The first-order valence-electron chi connectivity index (χ1n) is 9.45. The van der Waals surface area contributed by atoms with Crippen LogP contribution in [0.5, 0.6) is 0 Å². The van der Waals surface area contributed by atoms with Crippen LogP contribution in [0.1, 0.15) is 36.0 Å². The van der Waals surface area contributed by atoms with Gasteiger partial charge in [-0.1, -0.05) is 12.8 Å². The fourth-order valence-electron chi connectivity index (χ4n) is 3.15. The summed E-state index contributed by atoms with van der Waals surface area (Å²) < 4.78 is 4.91. The van der Waals surface area contributed by atoms with E-state index in [2.05, 4.69) is 10.3 Å². The molecular formula is C18H19N5O7S. The summed E-state index contributed by atoms with van der Waals surface area (Å²) in [5, 5.41) is 24.2. The molecule has 0 radical (unpaired) electrons. The van der Waals surface area contributed by atoms with E-state index < -0.39 is 28.3 Å². The Labute approximate surface area is 180 Å². The molecule has 164 valence electrons. The summed E-state index contributed by atoms with van der Waals surface area (Å²) in [4.78, 5) is 50.8. The van der Waals surface area contributed by atoms with Crippen molar-refractivity contribution < 1.29 is 24.2 Å². The van der Waals surface area contributed by atoms with Crippen molar-refractivity contribution in [1.82, 2.24) is 4.98 Å². The number of amides is 1. The molecule has 1 aliphatic rings. The van der Waals surface area contributed by atoms with Gasteiger partial charge in [-0.2, -0.15) is 0 Å². The number of carbonyl (C=O) groups excluding carboxylic acids is 2. The molecule has 1 saturated heterocycles. The van der Waals surface area contributed by atoms with Gasteiger partial charge in [0.1, 0.15) is 11.9 Å². The monoisotopic (exact) mass is 449 g/mol. The number of esters is 1. The lowest BCUT2D eigenvalue weighted by molar-refractivity contribution is -0.384. The number of carbonyl (C=O) groups is 2. The summed E-state index contributed by atoms with van der Waals surface area (Å²) in [6.45, 7) is 0.743. The summed E-state index contributed by atoms with van der Waals surface area (Å²) in [5.41, 5.74) is 0.199. The number of anilines is 2. The molecule has 1 fully saturated rings. The number of hydrogen-bond acceptors (Lipinski definition) is 10. The number of hydrogen-bond donors (Lipinski definition) is 1. The molecule has 1 aromatic carbocycles. The topological polar surface area (TPSA) is 158 Å². The van der Waals surface area contributed by atoms with Crippen molar-refractivity contribution in [3.8, 4) is 0 Å². The van der Waals surface area contributed by atoms with Crippen LogP contribution >= 0.6 is 11.3 Å². The highest BCUT2D eigenvalue weighted by Gasteiger charge is 2.23. The lowest BCUT2D eigenvalue weighted by atomic mass is 10.1. The Balaban J connectivity index is 1.63. The molecule has 13 heteroatoms. The van der Waals surface area contributed by atoms with E-state index in [9.17, 15) is 29.8 Å². The van der Waals surface area contributed by atoms with Gasteiger partial charge in [0.15, 0.2) is 11.7 Å². The number of benzene rings is 1. The minimum Gasteiger partial charge on any atom is -0.452 e. The Kier molecular flexibility index (Phi) is 7.07. The summed E-state index contributed by atoms with van der Waals surface area (Å²) in [6, 6.07) is 4.09. The number of nitrogens with one attached hydrogen (secondary N) is 1. The first kappa shape index (κ1) is 22.1. The van der Waals surface area contributed by atoms with Crippen LogP contribution in [0.15, 0.2) is 24.4 Å². The molecule has 3 rings (SSSR count). The molecule has 1 aliphatic heterocycles. The van der Waals surface area contributed by atoms with E-state index in [-0.39, 0.29) is 21.4 Å². The predicted molar refractivity (Wildman–Crippen MR) is 111 cm³/mol. The molecule has 0 spiro atoms. The highest BCUT2D eigenvalue weighted by molar-refractivity contribution is 7.18. The number of ether oxygens (including phenoxy) is 1. The number of nitrogens with zero attached hydrogens (tertiary/aromatic N) is 4. The quantitative estimate of drug-likeness (QED) is 0.381. The molecule has 1 amide bonds. The van der Waals surface area contributed by atoms with Crippen LogP contribution in [0.3, 0.4) is 0 Å². The number of nitro benzene ring substituents is 1. The van der Waals surface area contributed by atoms with E-state index in [1.54, 1.807) is 0 Å². The second-order valence-electron chi connectivity index (χ2n) is 6.75. The van der Waals surface area contributed by atoms with E-state index in [0.29, 0.717) is 30.1 Å². The van der Waals surface area contributed by atoms with Crippen LogP contribution in [-0.2, 0) is 9.53 Å². The molecule has 31 heavy (non-hydrogen) atoms. The average Bonchev–Trinajstić information content (AvgIpc) is 3.04. The first-order chi connectivity index (χ1) is 14.8. The van der Waals surface area contributed by atoms with Crippen LogP contribution < -0.4 is 10.2 Å². The van der Waals surface area contributed by atoms with E-state index in [0.717, 1.165) is 37.9 Å². The normalized spacial score (nSPS) is 13.9. The Morgan fingerprint density at radius 3 is 2.45 bits per heavy atom. The number of aromatic nitrogens is 1. The van der Waals surface area contributed by atoms with Gasteiger partial charge in [0, 0.05) is 19.2 Å². The Bertz CT molecular complexity index is 1000.